The van der Waals surface area contributed by atoms with E-state index in [0.717, 1.165) is 0 Å². The minimum atomic E-state index is -3.76. The molecule has 0 aliphatic heterocycles. The largest absolute Gasteiger partial charge is 0.496 e. The molecule has 0 unspecified atom stereocenters. The molecule has 0 spiro atoms. The summed E-state index contributed by atoms with van der Waals surface area (Å²) in [6.45, 7) is 0.0912. The molecule has 3 aromatic rings. The Kier molecular flexibility index (Phi) is 5.04. The average molecular weight is 394 g/mol. The van der Waals surface area contributed by atoms with Crippen molar-refractivity contribution in [3.63, 3.8) is 0 Å². The summed E-state index contributed by atoms with van der Waals surface area (Å²) in [4.78, 5) is 11.3. The molecule has 1 aromatic heterocycles. The van der Waals surface area contributed by atoms with Crippen molar-refractivity contribution in [3.05, 3.63) is 69.5 Å². The van der Waals surface area contributed by atoms with Gasteiger partial charge in [-0.25, -0.2) is 13.2 Å². The van der Waals surface area contributed by atoms with E-state index in [2.05, 4.69) is 0 Å². The Bertz CT molecular complexity index is 1120. The fraction of sp³-hybridized carbons (Fsp3) is 0.167. The van der Waals surface area contributed by atoms with E-state index in [-0.39, 0.29) is 11.4 Å². The first-order valence-electron chi connectivity index (χ1n) is 7.64. The number of sulfonamides is 1. The highest BCUT2D eigenvalue weighted by Gasteiger charge is 2.22. The van der Waals surface area contributed by atoms with Gasteiger partial charge in [-0.2, -0.15) is 4.31 Å². The number of hydrogen-bond donors (Lipinski definition) is 0. The Morgan fingerprint density at radius 3 is 2.62 bits per heavy atom. The molecule has 0 saturated heterocycles. The zero-order valence-corrected chi connectivity index (χ0v) is 15.7. The standard InChI is InChI=1S/C18H16ClNO5S/c1-20(11-13-9-14(19)4-6-16(13)24-2)26(22,23)15-5-7-17-12(10-15)3-8-18(21)25-17/h3-10H,11H2,1-2H3. The molecule has 0 radical (unpaired) electrons. The van der Waals surface area contributed by atoms with E-state index in [1.807, 2.05) is 0 Å². The van der Waals surface area contributed by atoms with Crippen LogP contribution in [0.25, 0.3) is 11.0 Å². The average Bonchev–Trinajstić information content (AvgIpc) is 2.61. The lowest BCUT2D eigenvalue weighted by Gasteiger charge is -2.19. The van der Waals surface area contributed by atoms with E-state index in [0.29, 0.717) is 27.3 Å². The molecule has 0 aliphatic carbocycles. The van der Waals surface area contributed by atoms with Crippen LogP contribution in [0.1, 0.15) is 5.56 Å². The molecule has 0 fully saturated rings. The van der Waals surface area contributed by atoms with E-state index in [1.165, 1.54) is 48.8 Å². The zero-order chi connectivity index (χ0) is 18.9. The number of benzene rings is 2. The second-order valence-corrected chi connectivity index (χ2v) is 8.15. The Morgan fingerprint density at radius 1 is 1.12 bits per heavy atom. The third-order valence-corrected chi connectivity index (χ3v) is 5.97. The number of ether oxygens (including phenoxy) is 1. The molecule has 0 N–H and O–H groups in total. The monoisotopic (exact) mass is 393 g/mol. The van der Waals surface area contributed by atoms with Crippen molar-refractivity contribution in [2.75, 3.05) is 14.2 Å². The number of halogens is 1. The van der Waals surface area contributed by atoms with E-state index >= 15 is 0 Å². The lowest BCUT2D eigenvalue weighted by atomic mass is 10.2. The Hall–Kier alpha value is -2.35. The molecule has 1 heterocycles. The Morgan fingerprint density at radius 2 is 1.88 bits per heavy atom. The van der Waals surface area contributed by atoms with Gasteiger partial charge in [0.25, 0.3) is 0 Å². The van der Waals surface area contributed by atoms with Gasteiger partial charge in [-0.15, -0.1) is 0 Å². The smallest absolute Gasteiger partial charge is 0.336 e. The van der Waals surface area contributed by atoms with Gasteiger partial charge in [0.15, 0.2) is 0 Å². The number of fused-ring (bicyclic) bond motifs is 1. The van der Waals surface area contributed by atoms with Gasteiger partial charge in [-0.1, -0.05) is 11.6 Å². The molecule has 3 rings (SSSR count). The van der Waals surface area contributed by atoms with Crippen LogP contribution in [0, 0.1) is 0 Å². The molecule has 0 bridgehead atoms. The molecular weight excluding hydrogens is 378 g/mol. The molecule has 26 heavy (non-hydrogen) atoms. The van der Waals surface area contributed by atoms with E-state index in [4.69, 9.17) is 20.8 Å². The normalized spacial score (nSPS) is 11.8. The van der Waals surface area contributed by atoms with Crippen LogP contribution < -0.4 is 10.4 Å². The summed E-state index contributed by atoms with van der Waals surface area (Å²) in [7, 11) is -0.772. The maximum Gasteiger partial charge on any atom is 0.336 e. The van der Waals surface area contributed by atoms with Crippen LogP contribution >= 0.6 is 11.6 Å². The first-order chi connectivity index (χ1) is 12.3. The van der Waals surface area contributed by atoms with Crippen molar-refractivity contribution in [2.45, 2.75) is 11.4 Å². The summed E-state index contributed by atoms with van der Waals surface area (Å²) in [5.41, 5.74) is 0.492. The van der Waals surface area contributed by atoms with E-state index in [9.17, 15) is 13.2 Å². The molecule has 0 atom stereocenters. The van der Waals surface area contributed by atoms with Crippen molar-refractivity contribution < 1.29 is 17.6 Å². The van der Waals surface area contributed by atoms with Crippen molar-refractivity contribution in [2.24, 2.45) is 0 Å². The van der Waals surface area contributed by atoms with Gasteiger partial charge in [0.1, 0.15) is 11.3 Å². The van der Waals surface area contributed by atoms with Gasteiger partial charge in [-0.05, 0) is 42.5 Å². The lowest BCUT2D eigenvalue weighted by molar-refractivity contribution is 0.398. The molecule has 8 heteroatoms. The third kappa shape index (κ3) is 3.60. The highest BCUT2D eigenvalue weighted by molar-refractivity contribution is 7.89. The van der Waals surface area contributed by atoms with Crippen LogP contribution in [0.2, 0.25) is 5.02 Å². The van der Waals surface area contributed by atoms with Crippen LogP contribution in [0.4, 0.5) is 0 Å². The summed E-state index contributed by atoms with van der Waals surface area (Å²) in [5, 5.41) is 1.02. The minimum Gasteiger partial charge on any atom is -0.496 e. The molecular formula is C18H16ClNO5S. The fourth-order valence-electron chi connectivity index (χ4n) is 2.59. The molecule has 0 saturated carbocycles. The third-order valence-electron chi connectivity index (χ3n) is 3.93. The number of rotatable bonds is 5. The summed E-state index contributed by atoms with van der Waals surface area (Å²) in [6, 6.07) is 12.2. The van der Waals surface area contributed by atoms with Crippen LogP contribution in [0.5, 0.6) is 5.75 Å². The predicted molar refractivity (Wildman–Crippen MR) is 99.1 cm³/mol. The van der Waals surface area contributed by atoms with Gasteiger partial charge in [0.2, 0.25) is 10.0 Å². The maximum atomic E-state index is 12.9. The van der Waals surface area contributed by atoms with E-state index in [1.54, 1.807) is 18.2 Å². The predicted octanol–water partition coefficient (Wildman–Crippen LogP) is 3.28. The Labute approximate surface area is 155 Å². The summed E-state index contributed by atoms with van der Waals surface area (Å²) in [6.07, 6.45) is 0. The minimum absolute atomic E-state index is 0.0912. The van der Waals surface area contributed by atoms with Crippen molar-refractivity contribution in [1.29, 1.82) is 0 Å². The van der Waals surface area contributed by atoms with Gasteiger partial charge < -0.3 is 9.15 Å². The molecule has 6 nitrogen and oxygen atoms in total. The van der Waals surface area contributed by atoms with Crippen molar-refractivity contribution in [1.82, 2.24) is 4.31 Å². The lowest BCUT2D eigenvalue weighted by Crippen LogP contribution is -2.26. The maximum absolute atomic E-state index is 12.9. The molecule has 0 amide bonds. The molecule has 136 valence electrons. The first-order valence-corrected chi connectivity index (χ1v) is 9.46. The fourth-order valence-corrected chi connectivity index (χ4v) is 3.97. The van der Waals surface area contributed by atoms with Crippen molar-refractivity contribution >= 4 is 32.6 Å². The highest BCUT2D eigenvalue weighted by Crippen LogP contribution is 2.26. The summed E-state index contributed by atoms with van der Waals surface area (Å²) >= 11 is 6.01. The number of nitrogens with zero attached hydrogens (tertiary/aromatic N) is 1. The van der Waals surface area contributed by atoms with Gasteiger partial charge in [-0.3, -0.25) is 0 Å². The van der Waals surface area contributed by atoms with Crippen LogP contribution in [-0.2, 0) is 16.6 Å². The molecule has 0 aliphatic rings. The topological polar surface area (TPSA) is 76.8 Å². The first kappa shape index (κ1) is 18.4. The van der Waals surface area contributed by atoms with Crippen molar-refractivity contribution in [3.8, 4) is 5.75 Å². The second kappa shape index (κ2) is 7.11. The number of methoxy groups -OCH3 is 1. The Balaban J connectivity index is 1.96. The summed E-state index contributed by atoms with van der Waals surface area (Å²) in [5.74, 6) is 0.553. The van der Waals surface area contributed by atoms with Gasteiger partial charge >= 0.3 is 5.63 Å². The van der Waals surface area contributed by atoms with Crippen LogP contribution in [-0.4, -0.2) is 26.9 Å². The molecule has 2 aromatic carbocycles. The summed E-state index contributed by atoms with van der Waals surface area (Å²) < 4.78 is 37.3. The van der Waals surface area contributed by atoms with Gasteiger partial charge in [0.05, 0.1) is 12.0 Å². The van der Waals surface area contributed by atoms with Crippen LogP contribution in [0.3, 0.4) is 0 Å². The SMILES string of the molecule is COc1ccc(Cl)cc1CN(C)S(=O)(=O)c1ccc2oc(=O)ccc2c1. The highest BCUT2D eigenvalue weighted by atomic mass is 35.5. The van der Waals surface area contributed by atoms with Gasteiger partial charge in [0, 0.05) is 35.6 Å². The second-order valence-electron chi connectivity index (χ2n) is 5.67. The van der Waals surface area contributed by atoms with Crippen LogP contribution in [0.15, 0.2) is 62.6 Å². The quantitative estimate of drug-likeness (QED) is 0.622. The van der Waals surface area contributed by atoms with E-state index < -0.39 is 15.6 Å². The zero-order valence-electron chi connectivity index (χ0n) is 14.1. The number of hydrogen-bond acceptors (Lipinski definition) is 5.